The van der Waals surface area contributed by atoms with Gasteiger partial charge in [0.25, 0.3) is 0 Å². The second kappa shape index (κ2) is 14.0. The largest absolute Gasteiger partial charge is 0.478 e. The highest BCUT2D eigenvalue weighted by atomic mass is 35.5. The predicted octanol–water partition coefficient (Wildman–Crippen LogP) is 3.79. The summed E-state index contributed by atoms with van der Waals surface area (Å²) in [5.41, 5.74) is 3.71. The number of nitrogens with zero attached hydrogens (tertiary/aromatic N) is 3. The number of carboxylic acid groups (broad SMARTS) is 1. The Morgan fingerprint density at radius 1 is 1.11 bits per heavy atom. The van der Waals surface area contributed by atoms with E-state index in [1.165, 1.54) is 0 Å². The average Bonchev–Trinajstić information content (AvgIpc) is 3.29. The van der Waals surface area contributed by atoms with Gasteiger partial charge in [-0.05, 0) is 41.3 Å². The summed E-state index contributed by atoms with van der Waals surface area (Å²) in [5.74, 6) is -0.726. The molecule has 0 fully saturated rings. The lowest BCUT2D eigenvalue weighted by Gasteiger charge is -2.25. The van der Waals surface area contributed by atoms with E-state index < -0.39 is 5.97 Å². The Hall–Kier alpha value is -3.67. The molecule has 0 spiro atoms. The molecular weight excluding hydrogens is 478 g/mol. The van der Waals surface area contributed by atoms with Crippen LogP contribution in [0.2, 0.25) is 0 Å². The van der Waals surface area contributed by atoms with E-state index in [4.69, 9.17) is 10.4 Å². The first-order valence-electron chi connectivity index (χ1n) is 11.7. The second-order valence-corrected chi connectivity index (χ2v) is 8.69. The van der Waals surface area contributed by atoms with Gasteiger partial charge in [0.1, 0.15) is 0 Å². The van der Waals surface area contributed by atoms with Crippen LogP contribution in [0.1, 0.15) is 53.0 Å². The van der Waals surface area contributed by atoms with Crippen LogP contribution in [-0.2, 0) is 24.3 Å². The van der Waals surface area contributed by atoms with Crippen LogP contribution >= 0.6 is 12.4 Å². The number of imidazole rings is 1. The van der Waals surface area contributed by atoms with Crippen molar-refractivity contribution in [2.24, 2.45) is 5.92 Å². The molecule has 2 aromatic carbocycles. The SMILES string of the molecule is CC[C@H](C)[C@@H](CNCc1ccc(C(=O)O)cc1)NC(=O)Cc1cncn1Cc1ccc(C#N)cc1.Cl. The zero-order chi connectivity index (χ0) is 25.2. The van der Waals surface area contributed by atoms with Crippen LogP contribution < -0.4 is 10.6 Å². The number of rotatable bonds is 12. The molecule has 0 radical (unpaired) electrons. The normalized spacial score (nSPS) is 12.1. The molecule has 0 bridgehead atoms. The van der Waals surface area contributed by atoms with E-state index >= 15 is 0 Å². The van der Waals surface area contributed by atoms with E-state index in [-0.39, 0.29) is 42.3 Å². The first-order chi connectivity index (χ1) is 16.9. The number of nitrogens with one attached hydrogen (secondary N) is 2. The minimum atomic E-state index is -0.942. The van der Waals surface area contributed by atoms with E-state index in [1.54, 1.807) is 48.9 Å². The van der Waals surface area contributed by atoms with Crippen molar-refractivity contribution in [2.75, 3.05) is 6.54 Å². The molecule has 3 rings (SSSR count). The van der Waals surface area contributed by atoms with E-state index in [2.05, 4.69) is 35.5 Å². The van der Waals surface area contributed by atoms with Crippen LogP contribution in [0.5, 0.6) is 0 Å². The lowest BCUT2D eigenvalue weighted by molar-refractivity contribution is -0.121. The van der Waals surface area contributed by atoms with Gasteiger partial charge in [-0.1, -0.05) is 44.5 Å². The van der Waals surface area contributed by atoms with Gasteiger partial charge in [0.2, 0.25) is 5.91 Å². The predicted molar refractivity (Wildman–Crippen MR) is 140 cm³/mol. The van der Waals surface area contributed by atoms with Gasteiger partial charge in [0, 0.05) is 37.6 Å². The molecule has 0 saturated carbocycles. The van der Waals surface area contributed by atoms with Crippen LogP contribution in [0.25, 0.3) is 0 Å². The van der Waals surface area contributed by atoms with Crippen LogP contribution in [0.4, 0.5) is 0 Å². The first kappa shape index (κ1) is 28.6. The third kappa shape index (κ3) is 8.22. The number of carbonyl (C=O) groups is 2. The van der Waals surface area contributed by atoms with E-state index in [0.717, 1.165) is 23.2 Å². The summed E-state index contributed by atoms with van der Waals surface area (Å²) in [6, 6.07) is 16.2. The number of aromatic carboxylic acids is 1. The second-order valence-electron chi connectivity index (χ2n) is 8.69. The number of benzene rings is 2. The Morgan fingerprint density at radius 2 is 1.78 bits per heavy atom. The molecule has 190 valence electrons. The molecule has 1 heterocycles. The Labute approximate surface area is 217 Å². The van der Waals surface area contributed by atoms with Gasteiger partial charge in [0.15, 0.2) is 0 Å². The maximum atomic E-state index is 12.9. The lowest BCUT2D eigenvalue weighted by atomic mass is 9.98. The van der Waals surface area contributed by atoms with Gasteiger partial charge in [-0.25, -0.2) is 9.78 Å². The van der Waals surface area contributed by atoms with Crippen molar-refractivity contribution in [1.29, 1.82) is 5.26 Å². The Balaban J connectivity index is 0.00000456. The molecule has 3 N–H and O–H groups in total. The zero-order valence-corrected chi connectivity index (χ0v) is 21.3. The van der Waals surface area contributed by atoms with Crippen molar-refractivity contribution >= 4 is 24.3 Å². The monoisotopic (exact) mass is 509 g/mol. The van der Waals surface area contributed by atoms with Crippen molar-refractivity contribution in [3.05, 3.63) is 89.0 Å². The summed E-state index contributed by atoms with van der Waals surface area (Å²) in [6.45, 7) is 5.97. The minimum absolute atomic E-state index is 0. The standard InChI is InChI=1S/C27H31N5O3.ClH/c1-3-19(2)25(16-29-14-21-8-10-23(11-9-21)27(34)35)31-26(33)12-24-15-30-18-32(24)17-22-6-4-20(13-28)5-7-22;/h4-11,15,18-19,25,29H,3,12,14,16-17H2,1-2H3,(H,31,33)(H,34,35);1H/t19-,25+;/m0./s1. The van der Waals surface area contributed by atoms with Crippen LogP contribution in [0, 0.1) is 17.2 Å². The number of carbonyl (C=O) groups excluding carboxylic acids is 1. The molecule has 36 heavy (non-hydrogen) atoms. The molecule has 0 aliphatic heterocycles. The molecule has 8 nitrogen and oxygen atoms in total. The van der Waals surface area contributed by atoms with Gasteiger partial charge >= 0.3 is 5.97 Å². The highest BCUT2D eigenvalue weighted by Gasteiger charge is 2.19. The summed E-state index contributed by atoms with van der Waals surface area (Å²) >= 11 is 0. The summed E-state index contributed by atoms with van der Waals surface area (Å²) < 4.78 is 1.94. The van der Waals surface area contributed by atoms with Crippen molar-refractivity contribution in [2.45, 2.75) is 45.8 Å². The highest BCUT2D eigenvalue weighted by molar-refractivity contribution is 5.87. The van der Waals surface area contributed by atoms with Crippen LogP contribution in [-0.4, -0.2) is 39.1 Å². The molecule has 0 saturated heterocycles. The molecule has 1 aromatic heterocycles. The lowest BCUT2D eigenvalue weighted by Crippen LogP contribution is -2.46. The summed E-state index contributed by atoms with van der Waals surface area (Å²) in [4.78, 5) is 28.1. The Kier molecular flexibility index (Phi) is 11.1. The molecule has 0 unspecified atom stereocenters. The van der Waals surface area contributed by atoms with Gasteiger partial charge in [0.05, 0.1) is 29.9 Å². The van der Waals surface area contributed by atoms with E-state index in [1.807, 2.05) is 16.7 Å². The molecule has 9 heteroatoms. The number of halogens is 1. The van der Waals surface area contributed by atoms with Crippen molar-refractivity contribution in [3.63, 3.8) is 0 Å². The number of hydrogen-bond donors (Lipinski definition) is 3. The van der Waals surface area contributed by atoms with Crippen LogP contribution in [0.15, 0.2) is 61.1 Å². The molecule has 1 amide bonds. The highest BCUT2D eigenvalue weighted by Crippen LogP contribution is 2.11. The molecule has 0 aliphatic rings. The maximum absolute atomic E-state index is 12.9. The third-order valence-electron chi connectivity index (χ3n) is 6.15. The average molecular weight is 510 g/mol. The Bertz CT molecular complexity index is 1170. The Morgan fingerprint density at radius 3 is 2.39 bits per heavy atom. The summed E-state index contributed by atoms with van der Waals surface area (Å²) in [5, 5.41) is 24.5. The molecular formula is C27H32ClN5O3. The fourth-order valence-electron chi connectivity index (χ4n) is 3.76. The summed E-state index contributed by atoms with van der Waals surface area (Å²) in [7, 11) is 0. The summed E-state index contributed by atoms with van der Waals surface area (Å²) in [6.07, 6.45) is 4.57. The number of aromatic nitrogens is 2. The van der Waals surface area contributed by atoms with Crippen LogP contribution in [0.3, 0.4) is 0 Å². The fraction of sp³-hybridized carbons (Fsp3) is 0.333. The quantitative estimate of drug-likeness (QED) is 0.341. The molecule has 0 aliphatic carbocycles. The van der Waals surface area contributed by atoms with E-state index in [9.17, 15) is 9.59 Å². The number of carboxylic acids is 1. The van der Waals surface area contributed by atoms with Gasteiger partial charge in [-0.2, -0.15) is 5.26 Å². The van der Waals surface area contributed by atoms with Gasteiger partial charge in [-0.15, -0.1) is 12.4 Å². The maximum Gasteiger partial charge on any atom is 0.335 e. The third-order valence-corrected chi connectivity index (χ3v) is 6.15. The first-order valence-corrected chi connectivity index (χ1v) is 11.7. The fourth-order valence-corrected chi connectivity index (χ4v) is 3.76. The topological polar surface area (TPSA) is 120 Å². The minimum Gasteiger partial charge on any atom is -0.478 e. The van der Waals surface area contributed by atoms with Gasteiger partial charge < -0.3 is 20.3 Å². The number of hydrogen-bond acceptors (Lipinski definition) is 5. The van der Waals surface area contributed by atoms with Gasteiger partial charge in [-0.3, -0.25) is 4.79 Å². The van der Waals surface area contributed by atoms with Crippen molar-refractivity contribution < 1.29 is 14.7 Å². The van der Waals surface area contributed by atoms with E-state index in [0.29, 0.717) is 25.2 Å². The number of amides is 1. The molecule has 3 aromatic rings. The number of nitriles is 1. The van der Waals surface area contributed by atoms with Crippen molar-refractivity contribution in [1.82, 2.24) is 20.2 Å². The van der Waals surface area contributed by atoms with Crippen molar-refractivity contribution in [3.8, 4) is 6.07 Å². The smallest absolute Gasteiger partial charge is 0.335 e. The zero-order valence-electron chi connectivity index (χ0n) is 20.5. The molecule has 2 atom stereocenters.